The molecule has 0 amide bonds. The van der Waals surface area contributed by atoms with Gasteiger partial charge in [-0.25, -0.2) is 0 Å². The minimum Gasteiger partial charge on any atom is -0.480 e. The van der Waals surface area contributed by atoms with Gasteiger partial charge < -0.3 is 5.11 Å². The summed E-state index contributed by atoms with van der Waals surface area (Å²) in [5, 5.41) is 18.9. The highest BCUT2D eigenvalue weighted by atomic mass is 16.4. The normalized spacial score (nSPS) is 13.2. The van der Waals surface area contributed by atoms with E-state index in [1.54, 1.807) is 30.3 Å². The van der Waals surface area contributed by atoms with Gasteiger partial charge in [-0.15, -0.1) is 0 Å². The minimum atomic E-state index is -1.54. The van der Waals surface area contributed by atoms with Crippen LogP contribution in [0.3, 0.4) is 0 Å². The van der Waals surface area contributed by atoms with Crippen LogP contribution in [0.1, 0.15) is 11.1 Å². The largest absolute Gasteiger partial charge is 0.480 e. The second-order valence-electron chi connectivity index (χ2n) is 4.35. The van der Waals surface area contributed by atoms with Gasteiger partial charge in [0.05, 0.1) is 6.07 Å². The van der Waals surface area contributed by atoms with E-state index in [-0.39, 0.29) is 6.42 Å². The molecule has 3 nitrogen and oxygen atoms in total. The molecule has 1 N–H and O–H groups in total. The van der Waals surface area contributed by atoms with E-state index >= 15 is 0 Å². The van der Waals surface area contributed by atoms with Crippen molar-refractivity contribution < 1.29 is 9.90 Å². The van der Waals surface area contributed by atoms with Gasteiger partial charge in [0.2, 0.25) is 0 Å². The summed E-state index contributed by atoms with van der Waals surface area (Å²) in [6.07, 6.45) is 0.156. The maximum absolute atomic E-state index is 11.6. The first kappa shape index (κ1) is 12.8. The number of hydrogen-bond donors (Lipinski definition) is 1. The van der Waals surface area contributed by atoms with E-state index in [2.05, 4.69) is 0 Å². The molecule has 3 heteroatoms. The second kappa shape index (κ2) is 5.36. The Hall–Kier alpha value is -2.60. The van der Waals surface area contributed by atoms with Gasteiger partial charge in [-0.1, -0.05) is 60.7 Å². The summed E-state index contributed by atoms with van der Waals surface area (Å²) in [6, 6.07) is 19.8. The molecule has 0 aromatic heterocycles. The highest BCUT2D eigenvalue weighted by molar-refractivity contribution is 5.85. The van der Waals surface area contributed by atoms with Crippen molar-refractivity contribution >= 4 is 5.97 Å². The molecule has 1 atom stereocenters. The molecule has 2 rings (SSSR count). The van der Waals surface area contributed by atoms with Gasteiger partial charge in [-0.2, -0.15) is 5.26 Å². The van der Waals surface area contributed by atoms with Crippen LogP contribution in [0.25, 0.3) is 0 Å². The van der Waals surface area contributed by atoms with Crippen molar-refractivity contribution in [3.8, 4) is 6.07 Å². The Labute approximate surface area is 111 Å². The van der Waals surface area contributed by atoms with Gasteiger partial charge in [0, 0.05) is 6.42 Å². The molecule has 0 bridgehead atoms. The summed E-state index contributed by atoms with van der Waals surface area (Å²) in [4.78, 5) is 11.6. The van der Waals surface area contributed by atoms with Crippen LogP contribution in [0.2, 0.25) is 0 Å². The van der Waals surface area contributed by atoms with Crippen LogP contribution in [0, 0.1) is 11.3 Å². The third-order valence-electron chi connectivity index (χ3n) is 3.13. The van der Waals surface area contributed by atoms with E-state index in [9.17, 15) is 15.2 Å². The quantitative estimate of drug-likeness (QED) is 0.908. The van der Waals surface area contributed by atoms with Crippen LogP contribution in [0.5, 0.6) is 0 Å². The fourth-order valence-corrected chi connectivity index (χ4v) is 2.08. The van der Waals surface area contributed by atoms with E-state index in [0.717, 1.165) is 5.56 Å². The van der Waals surface area contributed by atoms with Crippen molar-refractivity contribution in [3.05, 3.63) is 71.8 Å². The minimum absolute atomic E-state index is 0.156. The maximum Gasteiger partial charge on any atom is 0.329 e. The zero-order valence-electron chi connectivity index (χ0n) is 10.3. The van der Waals surface area contributed by atoms with Crippen LogP contribution >= 0.6 is 0 Å². The number of hydrogen-bond acceptors (Lipinski definition) is 2. The Balaban J connectivity index is 2.48. The predicted octanol–water partition coefficient (Wildman–Crippen LogP) is 2.78. The van der Waals surface area contributed by atoms with Gasteiger partial charge in [0.15, 0.2) is 5.41 Å². The Kier molecular flexibility index (Phi) is 3.63. The number of rotatable bonds is 4. The zero-order chi connectivity index (χ0) is 13.7. The molecule has 0 fully saturated rings. The smallest absolute Gasteiger partial charge is 0.329 e. The van der Waals surface area contributed by atoms with Crippen molar-refractivity contribution in [2.45, 2.75) is 11.8 Å². The zero-order valence-corrected chi connectivity index (χ0v) is 10.3. The Bertz CT molecular complexity index is 602. The molecule has 0 radical (unpaired) electrons. The van der Waals surface area contributed by atoms with E-state index < -0.39 is 11.4 Å². The molecule has 2 aromatic rings. The lowest BCUT2D eigenvalue weighted by Gasteiger charge is -2.22. The van der Waals surface area contributed by atoms with Crippen molar-refractivity contribution in [2.75, 3.05) is 0 Å². The summed E-state index contributed by atoms with van der Waals surface area (Å²) >= 11 is 0. The molecule has 0 saturated heterocycles. The molecule has 2 aromatic carbocycles. The number of carboxylic acid groups (broad SMARTS) is 1. The van der Waals surface area contributed by atoms with Crippen molar-refractivity contribution in [3.63, 3.8) is 0 Å². The van der Waals surface area contributed by atoms with Crippen LogP contribution in [-0.4, -0.2) is 11.1 Å². The molecule has 0 aliphatic heterocycles. The summed E-state index contributed by atoms with van der Waals surface area (Å²) in [6.45, 7) is 0. The Morgan fingerprint density at radius 2 is 1.58 bits per heavy atom. The van der Waals surface area contributed by atoms with Gasteiger partial charge in [-0.05, 0) is 11.1 Å². The first-order valence-electron chi connectivity index (χ1n) is 5.93. The summed E-state index contributed by atoms with van der Waals surface area (Å²) in [5.41, 5.74) is -0.202. The van der Waals surface area contributed by atoms with E-state index in [4.69, 9.17) is 0 Å². The standard InChI is InChI=1S/C16H13NO2/c17-12-16(15(18)19,14-9-5-2-6-10-14)11-13-7-3-1-4-8-13/h1-10H,11H2,(H,18,19). The van der Waals surface area contributed by atoms with Gasteiger partial charge in [0.25, 0.3) is 0 Å². The Morgan fingerprint density at radius 3 is 2.05 bits per heavy atom. The topological polar surface area (TPSA) is 61.1 Å². The lowest BCUT2D eigenvalue weighted by atomic mass is 9.77. The van der Waals surface area contributed by atoms with Crippen molar-refractivity contribution in [2.24, 2.45) is 0 Å². The second-order valence-corrected chi connectivity index (χ2v) is 4.35. The van der Waals surface area contributed by atoms with E-state index in [1.165, 1.54) is 0 Å². The predicted molar refractivity (Wildman–Crippen MR) is 71.5 cm³/mol. The average molecular weight is 251 g/mol. The third kappa shape index (κ3) is 2.48. The van der Waals surface area contributed by atoms with Gasteiger partial charge in [-0.3, -0.25) is 4.79 Å². The summed E-state index contributed by atoms with van der Waals surface area (Å²) in [5.74, 6) is -1.12. The summed E-state index contributed by atoms with van der Waals surface area (Å²) in [7, 11) is 0. The number of aliphatic carboxylic acids is 1. The Morgan fingerprint density at radius 1 is 1.05 bits per heavy atom. The van der Waals surface area contributed by atoms with E-state index in [0.29, 0.717) is 5.56 Å². The number of benzene rings is 2. The molecular formula is C16H13NO2. The monoisotopic (exact) mass is 251 g/mol. The number of nitrogens with zero attached hydrogens (tertiary/aromatic N) is 1. The fraction of sp³-hybridized carbons (Fsp3) is 0.125. The molecular weight excluding hydrogens is 238 g/mol. The van der Waals surface area contributed by atoms with Crippen molar-refractivity contribution in [1.82, 2.24) is 0 Å². The highest BCUT2D eigenvalue weighted by Crippen LogP contribution is 2.28. The molecule has 0 aliphatic carbocycles. The van der Waals surface area contributed by atoms with Gasteiger partial charge >= 0.3 is 5.97 Å². The van der Waals surface area contributed by atoms with Crippen LogP contribution in [0.15, 0.2) is 60.7 Å². The molecule has 94 valence electrons. The highest BCUT2D eigenvalue weighted by Gasteiger charge is 2.40. The van der Waals surface area contributed by atoms with Crippen LogP contribution in [-0.2, 0) is 16.6 Å². The number of carboxylic acids is 1. The molecule has 1 unspecified atom stereocenters. The molecule has 0 spiro atoms. The van der Waals surface area contributed by atoms with E-state index in [1.807, 2.05) is 36.4 Å². The van der Waals surface area contributed by atoms with Crippen molar-refractivity contribution in [1.29, 1.82) is 5.26 Å². The first-order chi connectivity index (χ1) is 9.19. The lowest BCUT2D eigenvalue weighted by molar-refractivity contribution is -0.141. The van der Waals surface area contributed by atoms with Crippen LogP contribution in [0.4, 0.5) is 0 Å². The SMILES string of the molecule is N#CC(Cc1ccccc1)(C(=O)O)c1ccccc1. The number of nitriles is 1. The molecule has 0 aliphatic rings. The first-order valence-corrected chi connectivity index (χ1v) is 5.93. The van der Waals surface area contributed by atoms with Gasteiger partial charge in [0.1, 0.15) is 0 Å². The number of carbonyl (C=O) groups is 1. The maximum atomic E-state index is 11.6. The molecule has 0 heterocycles. The lowest BCUT2D eigenvalue weighted by Crippen LogP contribution is -2.36. The fourth-order valence-electron chi connectivity index (χ4n) is 2.08. The van der Waals surface area contributed by atoms with Crippen LogP contribution < -0.4 is 0 Å². The molecule has 19 heavy (non-hydrogen) atoms. The third-order valence-corrected chi connectivity index (χ3v) is 3.13. The average Bonchev–Trinajstić information content (AvgIpc) is 2.46. The summed E-state index contributed by atoms with van der Waals surface area (Å²) < 4.78 is 0. The molecule has 0 saturated carbocycles.